The first-order valence-electron chi connectivity index (χ1n) is 6.83. The van der Waals surface area contributed by atoms with Gasteiger partial charge in [0.2, 0.25) is 0 Å². The molecule has 0 spiro atoms. The predicted molar refractivity (Wildman–Crippen MR) is 79.6 cm³/mol. The monoisotopic (exact) mass is 253 g/mol. The van der Waals surface area contributed by atoms with Gasteiger partial charge in [0.25, 0.3) is 0 Å². The fourth-order valence-electron chi connectivity index (χ4n) is 2.07. The largest absolute Gasteiger partial charge is 0.489 e. The van der Waals surface area contributed by atoms with E-state index in [1.807, 2.05) is 18.2 Å². The third kappa shape index (κ3) is 3.36. The van der Waals surface area contributed by atoms with Crippen LogP contribution in [0.4, 0.5) is 0 Å². The highest BCUT2D eigenvalue weighted by molar-refractivity contribution is 5.83. The van der Waals surface area contributed by atoms with Crippen LogP contribution < -0.4 is 10.1 Å². The second-order valence-electron chi connectivity index (χ2n) is 5.20. The van der Waals surface area contributed by atoms with Gasteiger partial charge in [-0.3, -0.25) is 0 Å². The molecule has 0 atom stereocenters. The van der Waals surface area contributed by atoms with Crippen molar-refractivity contribution in [3.63, 3.8) is 0 Å². The number of fused-ring (bicyclic) bond motifs is 1. The Kier molecular flexibility index (Phi) is 3.51. The summed E-state index contributed by atoms with van der Waals surface area (Å²) in [5.41, 5.74) is 1.10. The summed E-state index contributed by atoms with van der Waals surface area (Å²) < 4.78 is 5.79. The normalized spacial score (nSPS) is 14.5. The summed E-state index contributed by atoms with van der Waals surface area (Å²) in [6, 6.07) is 15.2. The molecule has 1 aliphatic rings. The zero-order chi connectivity index (χ0) is 13.1. The first kappa shape index (κ1) is 12.2. The zero-order valence-electron chi connectivity index (χ0n) is 11.1. The molecule has 1 saturated carbocycles. The van der Waals surface area contributed by atoms with E-state index in [4.69, 9.17) is 4.74 Å². The summed E-state index contributed by atoms with van der Waals surface area (Å²) in [7, 11) is 0. The molecule has 0 saturated heterocycles. The minimum absolute atomic E-state index is 0.581. The molecule has 0 aromatic heterocycles. The van der Waals surface area contributed by atoms with Crippen LogP contribution in [0.1, 0.15) is 12.8 Å². The fraction of sp³-hybridized carbons (Fsp3) is 0.294. The van der Waals surface area contributed by atoms with E-state index in [1.165, 1.54) is 23.6 Å². The van der Waals surface area contributed by atoms with Crippen LogP contribution in [0.15, 0.2) is 54.6 Å². The van der Waals surface area contributed by atoms with E-state index in [9.17, 15) is 0 Å². The smallest absolute Gasteiger partial charge is 0.120 e. The number of ether oxygens (including phenoxy) is 1. The summed E-state index contributed by atoms with van der Waals surface area (Å²) in [5, 5.41) is 5.89. The van der Waals surface area contributed by atoms with Crippen LogP contribution in [0.5, 0.6) is 5.75 Å². The minimum atomic E-state index is 0.581. The maximum Gasteiger partial charge on any atom is 0.120 e. The molecular weight excluding hydrogens is 234 g/mol. The Balaban J connectivity index is 1.56. The Bertz CT molecular complexity index is 587. The number of rotatable bonds is 6. The molecule has 19 heavy (non-hydrogen) atoms. The van der Waals surface area contributed by atoms with Crippen LogP contribution >= 0.6 is 0 Å². The molecule has 1 aliphatic carbocycles. The molecule has 0 heterocycles. The molecule has 2 nitrogen and oxygen atoms in total. The van der Waals surface area contributed by atoms with Gasteiger partial charge in [-0.25, -0.2) is 0 Å². The lowest BCUT2D eigenvalue weighted by Crippen LogP contribution is -2.21. The molecule has 2 aromatic carbocycles. The molecule has 1 fully saturated rings. The quantitative estimate of drug-likeness (QED) is 0.795. The Hall–Kier alpha value is -1.80. The summed E-state index contributed by atoms with van der Waals surface area (Å²) in [6.45, 7) is 5.49. The van der Waals surface area contributed by atoms with E-state index in [1.54, 1.807) is 0 Å². The van der Waals surface area contributed by atoms with Crippen LogP contribution in [0, 0.1) is 0 Å². The van der Waals surface area contributed by atoms with Gasteiger partial charge in [0.15, 0.2) is 0 Å². The molecule has 0 radical (unpaired) electrons. The van der Waals surface area contributed by atoms with Crippen molar-refractivity contribution in [2.75, 3.05) is 13.2 Å². The van der Waals surface area contributed by atoms with E-state index < -0.39 is 0 Å². The predicted octanol–water partition coefficient (Wildman–Crippen LogP) is 3.53. The third-order valence-electron chi connectivity index (χ3n) is 3.38. The van der Waals surface area contributed by atoms with Gasteiger partial charge in [-0.2, -0.15) is 0 Å². The first-order valence-corrected chi connectivity index (χ1v) is 6.83. The number of hydrogen-bond donors (Lipinski definition) is 1. The standard InChI is InChI=1S/C17H19NO/c1-13(11-18-16-7-8-16)12-19-17-9-6-14-4-2-3-5-15(14)10-17/h2-6,9-10,16,18H,1,7-8,11-12H2. The lowest BCUT2D eigenvalue weighted by Gasteiger charge is -2.10. The average Bonchev–Trinajstić information content (AvgIpc) is 3.27. The Morgan fingerprint density at radius 2 is 1.95 bits per heavy atom. The van der Waals surface area contributed by atoms with Crippen molar-refractivity contribution in [1.29, 1.82) is 0 Å². The van der Waals surface area contributed by atoms with Gasteiger partial charge in [0.05, 0.1) is 0 Å². The van der Waals surface area contributed by atoms with E-state index in [2.05, 4.69) is 36.2 Å². The maximum atomic E-state index is 5.79. The highest BCUT2D eigenvalue weighted by atomic mass is 16.5. The Morgan fingerprint density at radius 1 is 1.16 bits per heavy atom. The summed E-state index contributed by atoms with van der Waals surface area (Å²) in [6.07, 6.45) is 2.61. The summed E-state index contributed by atoms with van der Waals surface area (Å²) in [5.74, 6) is 0.909. The summed E-state index contributed by atoms with van der Waals surface area (Å²) >= 11 is 0. The van der Waals surface area contributed by atoms with Gasteiger partial charge >= 0.3 is 0 Å². The van der Waals surface area contributed by atoms with E-state index >= 15 is 0 Å². The van der Waals surface area contributed by atoms with Gasteiger partial charge in [-0.1, -0.05) is 36.9 Å². The van der Waals surface area contributed by atoms with Crippen LogP contribution in [0.3, 0.4) is 0 Å². The van der Waals surface area contributed by atoms with Crippen LogP contribution in [0.2, 0.25) is 0 Å². The molecule has 2 aromatic rings. The molecule has 2 heteroatoms. The van der Waals surface area contributed by atoms with E-state index in [-0.39, 0.29) is 0 Å². The number of nitrogens with one attached hydrogen (secondary N) is 1. The van der Waals surface area contributed by atoms with Crippen LogP contribution in [0.25, 0.3) is 10.8 Å². The van der Waals surface area contributed by atoms with Gasteiger partial charge in [-0.05, 0) is 41.3 Å². The zero-order valence-corrected chi connectivity index (χ0v) is 11.1. The second-order valence-corrected chi connectivity index (χ2v) is 5.20. The van der Waals surface area contributed by atoms with Gasteiger partial charge < -0.3 is 10.1 Å². The van der Waals surface area contributed by atoms with Gasteiger partial charge in [0.1, 0.15) is 12.4 Å². The van der Waals surface area contributed by atoms with E-state index in [0.717, 1.165) is 23.9 Å². The molecule has 3 rings (SSSR count). The van der Waals surface area contributed by atoms with Crippen molar-refractivity contribution in [2.24, 2.45) is 0 Å². The molecule has 0 aliphatic heterocycles. The molecule has 0 unspecified atom stereocenters. The van der Waals surface area contributed by atoms with E-state index in [0.29, 0.717) is 6.61 Å². The van der Waals surface area contributed by atoms with Crippen LogP contribution in [-0.2, 0) is 0 Å². The highest BCUT2D eigenvalue weighted by Gasteiger charge is 2.19. The molecular formula is C17H19NO. The van der Waals surface area contributed by atoms with Crippen molar-refractivity contribution in [2.45, 2.75) is 18.9 Å². The van der Waals surface area contributed by atoms with Gasteiger partial charge in [0, 0.05) is 12.6 Å². The Labute approximate surface area is 114 Å². The highest BCUT2D eigenvalue weighted by Crippen LogP contribution is 2.21. The minimum Gasteiger partial charge on any atom is -0.489 e. The fourth-order valence-corrected chi connectivity index (χ4v) is 2.07. The number of hydrogen-bond acceptors (Lipinski definition) is 2. The van der Waals surface area contributed by atoms with Crippen molar-refractivity contribution < 1.29 is 4.74 Å². The first-order chi connectivity index (χ1) is 9.31. The van der Waals surface area contributed by atoms with Crippen LogP contribution in [-0.4, -0.2) is 19.2 Å². The van der Waals surface area contributed by atoms with Gasteiger partial charge in [-0.15, -0.1) is 0 Å². The Morgan fingerprint density at radius 3 is 2.74 bits per heavy atom. The maximum absolute atomic E-state index is 5.79. The lowest BCUT2D eigenvalue weighted by molar-refractivity contribution is 0.348. The third-order valence-corrected chi connectivity index (χ3v) is 3.38. The molecule has 0 amide bonds. The SMILES string of the molecule is C=C(CNC1CC1)COc1ccc2ccccc2c1. The molecule has 98 valence electrons. The molecule has 0 bridgehead atoms. The number of benzene rings is 2. The average molecular weight is 253 g/mol. The lowest BCUT2D eigenvalue weighted by atomic mass is 10.1. The van der Waals surface area contributed by atoms with Crippen molar-refractivity contribution >= 4 is 10.8 Å². The summed E-state index contributed by atoms with van der Waals surface area (Å²) in [4.78, 5) is 0. The topological polar surface area (TPSA) is 21.3 Å². The van der Waals surface area contributed by atoms with Crippen molar-refractivity contribution in [3.05, 3.63) is 54.6 Å². The second kappa shape index (κ2) is 5.45. The van der Waals surface area contributed by atoms with Crippen molar-refractivity contribution in [1.82, 2.24) is 5.32 Å². The van der Waals surface area contributed by atoms with Crippen molar-refractivity contribution in [3.8, 4) is 5.75 Å². The molecule has 1 N–H and O–H groups in total.